The zero-order chi connectivity index (χ0) is 23.4. The highest BCUT2D eigenvalue weighted by atomic mass is 19.1. The first kappa shape index (κ1) is 22.6. The number of amides is 1. The molecule has 1 amide bonds. The van der Waals surface area contributed by atoms with E-state index in [0.29, 0.717) is 23.3 Å². The van der Waals surface area contributed by atoms with Crippen LogP contribution in [0.2, 0.25) is 0 Å². The van der Waals surface area contributed by atoms with Gasteiger partial charge >= 0.3 is 0 Å². The highest BCUT2D eigenvalue weighted by Crippen LogP contribution is 2.33. The Balaban J connectivity index is 1.45. The third kappa shape index (κ3) is 5.25. The highest BCUT2D eigenvalue weighted by Gasteiger charge is 2.30. The molecule has 1 aliphatic rings. The molecule has 1 aromatic heterocycles. The Hall–Kier alpha value is -3.59. The van der Waals surface area contributed by atoms with Gasteiger partial charge < -0.3 is 19.7 Å². The molecule has 172 valence electrons. The Morgan fingerprint density at radius 3 is 2.64 bits per heavy atom. The molecule has 1 unspecified atom stereocenters. The van der Waals surface area contributed by atoms with Crippen LogP contribution in [0, 0.1) is 11.7 Å². The molecule has 9 heteroatoms. The quantitative estimate of drug-likeness (QED) is 0.450. The largest absolute Gasteiger partial charge is 0.481 e. The number of halogens is 1. The summed E-state index contributed by atoms with van der Waals surface area (Å²) in [7, 11) is 0. The summed E-state index contributed by atoms with van der Waals surface area (Å²) in [5, 5.41) is 15.1. The number of carbonyl (C=O) groups is 2. The second kappa shape index (κ2) is 9.91. The standard InChI is InChI=1S/C24H24FN3O5/c1-2-20(32-17-8-5-15(6-9-17)21(30)14-3-4-14)24-27-22(28-33-24)16-7-10-18(19(25)13-16)23(31)26-11-12-29/h5-10,13-14,20,29H,2-4,11-12H2,1H3,(H,26,31). The van der Waals surface area contributed by atoms with E-state index in [1.807, 2.05) is 6.92 Å². The van der Waals surface area contributed by atoms with E-state index < -0.39 is 17.8 Å². The summed E-state index contributed by atoms with van der Waals surface area (Å²) in [6, 6.07) is 11.0. The molecule has 0 aliphatic heterocycles. The Morgan fingerprint density at radius 2 is 2.00 bits per heavy atom. The van der Waals surface area contributed by atoms with E-state index in [4.69, 9.17) is 14.4 Å². The molecule has 33 heavy (non-hydrogen) atoms. The molecule has 3 aromatic rings. The fourth-order valence-electron chi connectivity index (χ4n) is 3.34. The van der Waals surface area contributed by atoms with Gasteiger partial charge in [-0.25, -0.2) is 4.39 Å². The van der Waals surface area contributed by atoms with E-state index in [0.717, 1.165) is 18.9 Å². The van der Waals surface area contributed by atoms with Crippen LogP contribution < -0.4 is 10.1 Å². The van der Waals surface area contributed by atoms with E-state index in [9.17, 15) is 14.0 Å². The lowest BCUT2D eigenvalue weighted by Crippen LogP contribution is -2.27. The van der Waals surface area contributed by atoms with Crippen LogP contribution in [-0.2, 0) is 0 Å². The Bertz CT molecular complexity index is 1140. The minimum Gasteiger partial charge on any atom is -0.481 e. The summed E-state index contributed by atoms with van der Waals surface area (Å²) in [4.78, 5) is 28.4. The molecule has 4 rings (SSSR count). The van der Waals surface area contributed by atoms with Gasteiger partial charge in [-0.3, -0.25) is 9.59 Å². The predicted molar refractivity (Wildman–Crippen MR) is 116 cm³/mol. The number of ketones is 1. The molecular formula is C24H24FN3O5. The summed E-state index contributed by atoms with van der Waals surface area (Å²) >= 11 is 0. The number of hydrogen-bond donors (Lipinski definition) is 2. The lowest BCUT2D eigenvalue weighted by molar-refractivity contribution is 0.0938. The fraction of sp³-hybridized carbons (Fsp3) is 0.333. The minimum atomic E-state index is -0.738. The minimum absolute atomic E-state index is 0.0339. The molecule has 0 spiro atoms. The van der Waals surface area contributed by atoms with Crippen LogP contribution >= 0.6 is 0 Å². The second-order valence-electron chi connectivity index (χ2n) is 7.81. The van der Waals surface area contributed by atoms with Crippen molar-refractivity contribution in [3.05, 3.63) is 65.3 Å². The number of aliphatic hydroxyl groups excluding tert-OH is 1. The van der Waals surface area contributed by atoms with Crippen LogP contribution in [0.1, 0.15) is 58.9 Å². The average molecular weight is 453 g/mol. The van der Waals surface area contributed by atoms with Crippen molar-refractivity contribution in [3.63, 3.8) is 0 Å². The predicted octanol–water partition coefficient (Wildman–Crippen LogP) is 3.72. The number of rotatable bonds is 10. The van der Waals surface area contributed by atoms with Crippen molar-refractivity contribution in [1.82, 2.24) is 15.5 Å². The lowest BCUT2D eigenvalue weighted by atomic mass is 10.1. The Morgan fingerprint density at radius 1 is 1.24 bits per heavy atom. The van der Waals surface area contributed by atoms with Gasteiger partial charge in [-0.05, 0) is 55.7 Å². The summed E-state index contributed by atoms with van der Waals surface area (Å²) < 4.78 is 25.7. The van der Waals surface area contributed by atoms with E-state index in [2.05, 4.69) is 15.5 Å². The van der Waals surface area contributed by atoms with Crippen molar-refractivity contribution in [2.24, 2.45) is 5.92 Å². The van der Waals surface area contributed by atoms with Gasteiger partial charge in [0.2, 0.25) is 5.82 Å². The monoisotopic (exact) mass is 453 g/mol. The number of carbonyl (C=O) groups excluding carboxylic acids is 2. The first-order valence-electron chi connectivity index (χ1n) is 10.8. The van der Waals surface area contributed by atoms with Gasteiger partial charge in [0.05, 0.1) is 12.2 Å². The Kier molecular flexibility index (Phi) is 6.79. The van der Waals surface area contributed by atoms with Crippen LogP contribution in [0.4, 0.5) is 4.39 Å². The summed E-state index contributed by atoms with van der Waals surface area (Å²) in [5.74, 6) is -0.0673. The number of hydrogen-bond acceptors (Lipinski definition) is 7. The first-order valence-corrected chi connectivity index (χ1v) is 10.8. The molecular weight excluding hydrogens is 429 g/mol. The van der Waals surface area contributed by atoms with Crippen molar-refractivity contribution in [2.75, 3.05) is 13.2 Å². The number of Topliss-reactive ketones (excluding diaryl/α,β-unsaturated/α-hetero) is 1. The van der Waals surface area contributed by atoms with Gasteiger partial charge in [0.15, 0.2) is 11.9 Å². The molecule has 0 saturated heterocycles. The normalized spacial score (nSPS) is 14.0. The van der Waals surface area contributed by atoms with Gasteiger partial charge in [-0.15, -0.1) is 0 Å². The molecule has 2 aromatic carbocycles. The topological polar surface area (TPSA) is 115 Å². The molecule has 2 N–H and O–H groups in total. The highest BCUT2D eigenvalue weighted by molar-refractivity contribution is 5.99. The van der Waals surface area contributed by atoms with Crippen molar-refractivity contribution in [1.29, 1.82) is 0 Å². The smallest absolute Gasteiger partial charge is 0.268 e. The Labute approximate surface area is 189 Å². The number of nitrogens with one attached hydrogen (secondary N) is 1. The molecule has 8 nitrogen and oxygen atoms in total. The van der Waals surface area contributed by atoms with Gasteiger partial charge in [-0.2, -0.15) is 4.98 Å². The van der Waals surface area contributed by atoms with Crippen LogP contribution in [0.5, 0.6) is 5.75 Å². The molecule has 0 radical (unpaired) electrons. The van der Waals surface area contributed by atoms with Crippen molar-refractivity contribution < 1.29 is 28.3 Å². The maximum absolute atomic E-state index is 14.4. The van der Waals surface area contributed by atoms with Crippen molar-refractivity contribution in [2.45, 2.75) is 32.3 Å². The molecule has 1 aliphatic carbocycles. The third-order valence-electron chi connectivity index (χ3n) is 5.32. The van der Waals surface area contributed by atoms with Crippen LogP contribution in [0.25, 0.3) is 11.4 Å². The SMILES string of the molecule is CCC(Oc1ccc(C(=O)C2CC2)cc1)c1nc(-c2ccc(C(=O)NCCO)c(F)c2)no1. The van der Waals surface area contributed by atoms with Crippen LogP contribution in [-0.4, -0.2) is 40.1 Å². The van der Waals surface area contributed by atoms with Gasteiger partial charge in [-0.1, -0.05) is 18.1 Å². The summed E-state index contributed by atoms with van der Waals surface area (Å²) in [6.07, 6.45) is 1.93. The number of aromatic nitrogens is 2. The van der Waals surface area contributed by atoms with Gasteiger partial charge in [0.1, 0.15) is 11.6 Å². The number of ether oxygens (including phenoxy) is 1. The van der Waals surface area contributed by atoms with E-state index >= 15 is 0 Å². The zero-order valence-corrected chi connectivity index (χ0v) is 18.1. The maximum atomic E-state index is 14.4. The van der Waals surface area contributed by atoms with Crippen molar-refractivity contribution >= 4 is 11.7 Å². The fourth-order valence-corrected chi connectivity index (χ4v) is 3.34. The van der Waals surface area contributed by atoms with Crippen LogP contribution in [0.15, 0.2) is 47.0 Å². The van der Waals surface area contributed by atoms with Crippen molar-refractivity contribution in [3.8, 4) is 17.1 Å². The zero-order valence-electron chi connectivity index (χ0n) is 18.1. The average Bonchev–Trinajstić information content (AvgIpc) is 3.57. The summed E-state index contributed by atoms with van der Waals surface area (Å²) in [5.41, 5.74) is 0.877. The van der Waals surface area contributed by atoms with E-state index in [1.165, 1.54) is 12.1 Å². The number of nitrogens with zero attached hydrogens (tertiary/aromatic N) is 2. The lowest BCUT2D eigenvalue weighted by Gasteiger charge is -2.13. The maximum Gasteiger partial charge on any atom is 0.268 e. The first-order chi connectivity index (χ1) is 16.0. The molecule has 0 bridgehead atoms. The summed E-state index contributed by atoms with van der Waals surface area (Å²) in [6.45, 7) is 1.70. The third-order valence-corrected chi connectivity index (χ3v) is 5.32. The molecule has 1 atom stereocenters. The number of benzene rings is 2. The molecule has 1 saturated carbocycles. The van der Waals surface area contributed by atoms with Gasteiger partial charge in [0, 0.05) is 23.6 Å². The van der Waals surface area contributed by atoms with E-state index in [1.54, 1.807) is 24.3 Å². The van der Waals surface area contributed by atoms with Gasteiger partial charge in [0.25, 0.3) is 11.8 Å². The second-order valence-corrected chi connectivity index (χ2v) is 7.81. The molecule has 1 fully saturated rings. The number of aliphatic hydroxyl groups is 1. The van der Waals surface area contributed by atoms with Crippen LogP contribution in [0.3, 0.4) is 0 Å². The molecule has 1 heterocycles. The van der Waals surface area contributed by atoms with E-state index in [-0.39, 0.29) is 42.1 Å².